The van der Waals surface area contributed by atoms with Gasteiger partial charge in [0.15, 0.2) is 0 Å². The average Bonchev–Trinajstić information content (AvgIpc) is 3.02. The first-order valence-electron chi connectivity index (χ1n) is 7.75. The van der Waals surface area contributed by atoms with Gasteiger partial charge < -0.3 is 15.5 Å². The summed E-state index contributed by atoms with van der Waals surface area (Å²) in [4.78, 5) is 24.2. The highest BCUT2D eigenvalue weighted by Gasteiger charge is 2.39. The molecule has 0 bridgehead atoms. The molecule has 1 atom stereocenters. The number of carbonyl (C=O) groups excluding carboxylic acids is 2. The summed E-state index contributed by atoms with van der Waals surface area (Å²) in [6, 6.07) is -1.33. The van der Waals surface area contributed by atoms with Crippen molar-refractivity contribution in [3.63, 3.8) is 0 Å². The van der Waals surface area contributed by atoms with Crippen LogP contribution in [0.1, 0.15) is 38.5 Å². The minimum absolute atomic E-state index is 0.0192. The predicted octanol–water partition coefficient (Wildman–Crippen LogP) is 2.03. The van der Waals surface area contributed by atoms with Crippen molar-refractivity contribution in [2.24, 2.45) is 5.92 Å². The van der Waals surface area contributed by atoms with Crippen LogP contribution >= 0.6 is 0 Å². The maximum Gasteiger partial charge on any atom is 0.406 e. The Morgan fingerprint density at radius 2 is 1.91 bits per heavy atom. The molecule has 3 amide bonds. The molecular formula is C14H22F3N3O2. The van der Waals surface area contributed by atoms with Crippen LogP contribution in [0.2, 0.25) is 0 Å². The smallest absolute Gasteiger partial charge is 0.338 e. The molecule has 2 fully saturated rings. The maximum atomic E-state index is 12.3. The van der Waals surface area contributed by atoms with Crippen LogP contribution in [0.15, 0.2) is 0 Å². The highest BCUT2D eigenvalue weighted by Crippen LogP contribution is 2.26. The summed E-state index contributed by atoms with van der Waals surface area (Å²) < 4.78 is 36.9. The number of halogens is 3. The predicted molar refractivity (Wildman–Crippen MR) is 74.1 cm³/mol. The molecule has 22 heavy (non-hydrogen) atoms. The van der Waals surface area contributed by atoms with E-state index in [0.717, 1.165) is 11.3 Å². The number of alkyl halides is 3. The summed E-state index contributed by atoms with van der Waals surface area (Å²) in [6.07, 6.45) is 1.57. The van der Waals surface area contributed by atoms with Crippen LogP contribution in [0, 0.1) is 5.92 Å². The fourth-order valence-electron chi connectivity index (χ4n) is 3.14. The molecule has 1 saturated carbocycles. The van der Waals surface area contributed by atoms with Gasteiger partial charge in [-0.3, -0.25) is 4.79 Å². The van der Waals surface area contributed by atoms with E-state index in [1.165, 1.54) is 25.7 Å². The van der Waals surface area contributed by atoms with Gasteiger partial charge in [-0.15, -0.1) is 0 Å². The zero-order valence-electron chi connectivity index (χ0n) is 12.4. The van der Waals surface area contributed by atoms with Gasteiger partial charge in [0, 0.05) is 13.1 Å². The monoisotopic (exact) mass is 321 g/mol. The molecule has 1 heterocycles. The van der Waals surface area contributed by atoms with Crippen LogP contribution < -0.4 is 10.6 Å². The molecule has 5 nitrogen and oxygen atoms in total. The van der Waals surface area contributed by atoms with Crippen molar-refractivity contribution in [3.05, 3.63) is 0 Å². The third-order valence-electron chi connectivity index (χ3n) is 4.29. The van der Waals surface area contributed by atoms with Crippen molar-refractivity contribution < 1.29 is 22.8 Å². The van der Waals surface area contributed by atoms with Crippen molar-refractivity contribution in [2.45, 2.75) is 50.7 Å². The van der Waals surface area contributed by atoms with Crippen molar-refractivity contribution in [1.82, 2.24) is 15.5 Å². The van der Waals surface area contributed by atoms with Crippen LogP contribution in [-0.2, 0) is 4.79 Å². The molecule has 1 aliphatic heterocycles. The van der Waals surface area contributed by atoms with Gasteiger partial charge in [-0.2, -0.15) is 13.2 Å². The first-order valence-corrected chi connectivity index (χ1v) is 7.75. The average molecular weight is 321 g/mol. The Balaban J connectivity index is 1.67. The van der Waals surface area contributed by atoms with Crippen LogP contribution in [0.3, 0.4) is 0 Å². The third-order valence-corrected chi connectivity index (χ3v) is 4.29. The Labute approximate surface area is 127 Å². The fourth-order valence-corrected chi connectivity index (χ4v) is 3.14. The fraction of sp³-hybridized carbons (Fsp3) is 0.857. The van der Waals surface area contributed by atoms with Crippen molar-refractivity contribution >= 4 is 11.9 Å². The molecule has 2 aliphatic rings. The van der Waals surface area contributed by atoms with Gasteiger partial charge in [-0.25, -0.2) is 4.79 Å². The standard InChI is InChI=1S/C14H22F3N3O2/c15-14(16,17)9-20-8-6-11(12(20)21)19-13(22)18-7-5-10-3-1-2-4-10/h10-11H,1-9H2,(H2,18,19,22). The van der Waals surface area contributed by atoms with Gasteiger partial charge in [-0.1, -0.05) is 25.7 Å². The van der Waals surface area contributed by atoms with E-state index in [2.05, 4.69) is 10.6 Å². The van der Waals surface area contributed by atoms with E-state index in [9.17, 15) is 22.8 Å². The molecule has 0 radical (unpaired) electrons. The van der Waals surface area contributed by atoms with E-state index in [4.69, 9.17) is 0 Å². The van der Waals surface area contributed by atoms with Gasteiger partial charge >= 0.3 is 12.2 Å². The Hall–Kier alpha value is -1.47. The van der Waals surface area contributed by atoms with Crippen LogP contribution in [0.5, 0.6) is 0 Å². The minimum Gasteiger partial charge on any atom is -0.338 e. The second-order valence-electron chi connectivity index (χ2n) is 6.06. The lowest BCUT2D eigenvalue weighted by Crippen LogP contribution is -2.47. The maximum absolute atomic E-state index is 12.3. The lowest BCUT2D eigenvalue weighted by atomic mass is 10.0. The van der Waals surface area contributed by atoms with Gasteiger partial charge in [-0.05, 0) is 18.8 Å². The zero-order chi connectivity index (χ0) is 16.2. The topological polar surface area (TPSA) is 61.4 Å². The van der Waals surface area contributed by atoms with E-state index in [1.54, 1.807) is 0 Å². The molecule has 0 aromatic heterocycles. The Bertz CT molecular complexity index is 409. The Morgan fingerprint density at radius 1 is 1.23 bits per heavy atom. The van der Waals surface area contributed by atoms with E-state index in [-0.39, 0.29) is 13.0 Å². The van der Waals surface area contributed by atoms with E-state index in [1.807, 2.05) is 0 Å². The van der Waals surface area contributed by atoms with Crippen LogP contribution in [0.25, 0.3) is 0 Å². The van der Waals surface area contributed by atoms with Crippen LogP contribution in [0.4, 0.5) is 18.0 Å². The summed E-state index contributed by atoms with van der Waals surface area (Å²) in [5, 5.41) is 5.14. The largest absolute Gasteiger partial charge is 0.406 e. The number of amides is 3. The third kappa shape index (κ3) is 5.06. The number of hydrogen-bond donors (Lipinski definition) is 2. The molecule has 1 aliphatic carbocycles. The van der Waals surface area contributed by atoms with Gasteiger partial charge in [0.1, 0.15) is 12.6 Å². The van der Waals surface area contributed by atoms with Crippen LogP contribution in [-0.4, -0.2) is 48.7 Å². The van der Waals surface area contributed by atoms with E-state index >= 15 is 0 Å². The molecule has 2 N–H and O–H groups in total. The Kier molecular flexibility index (Phi) is 5.52. The first-order chi connectivity index (χ1) is 10.3. The van der Waals surface area contributed by atoms with Crippen molar-refractivity contribution in [1.29, 1.82) is 0 Å². The number of nitrogens with zero attached hydrogens (tertiary/aromatic N) is 1. The second kappa shape index (κ2) is 7.19. The molecule has 126 valence electrons. The SMILES string of the molecule is O=C(NCCC1CCCC1)NC1CCN(CC(F)(F)F)C1=O. The number of nitrogens with one attached hydrogen (secondary N) is 2. The molecule has 0 aromatic carbocycles. The number of rotatable bonds is 5. The lowest BCUT2D eigenvalue weighted by Gasteiger charge is -2.19. The molecule has 0 aromatic rings. The molecule has 0 spiro atoms. The minimum atomic E-state index is -4.41. The van der Waals surface area contributed by atoms with E-state index < -0.39 is 30.7 Å². The second-order valence-corrected chi connectivity index (χ2v) is 6.06. The zero-order valence-corrected chi connectivity index (χ0v) is 12.4. The molecule has 1 saturated heterocycles. The number of likely N-dealkylation sites (tertiary alicyclic amines) is 1. The summed E-state index contributed by atoms with van der Waals surface area (Å²) in [5.41, 5.74) is 0. The van der Waals surface area contributed by atoms with Crippen molar-refractivity contribution in [2.75, 3.05) is 19.6 Å². The van der Waals surface area contributed by atoms with Gasteiger partial charge in [0.05, 0.1) is 0 Å². The molecule has 2 rings (SSSR count). The number of carbonyl (C=O) groups is 2. The van der Waals surface area contributed by atoms with E-state index in [0.29, 0.717) is 12.5 Å². The highest BCUT2D eigenvalue weighted by molar-refractivity contribution is 5.88. The van der Waals surface area contributed by atoms with Gasteiger partial charge in [0.2, 0.25) is 5.91 Å². The lowest BCUT2D eigenvalue weighted by molar-refractivity contribution is -0.157. The van der Waals surface area contributed by atoms with Crippen molar-refractivity contribution in [3.8, 4) is 0 Å². The summed E-state index contributed by atoms with van der Waals surface area (Å²) in [6.45, 7) is -0.706. The quantitative estimate of drug-likeness (QED) is 0.814. The summed E-state index contributed by atoms with van der Waals surface area (Å²) >= 11 is 0. The molecule has 1 unspecified atom stereocenters. The Morgan fingerprint density at radius 3 is 2.55 bits per heavy atom. The first kappa shape index (κ1) is 16.9. The molecule has 8 heteroatoms. The normalized spacial score (nSPS) is 23.1. The molecular weight excluding hydrogens is 299 g/mol. The number of hydrogen-bond acceptors (Lipinski definition) is 2. The number of urea groups is 1. The highest BCUT2D eigenvalue weighted by atomic mass is 19.4. The summed E-state index contributed by atoms with van der Waals surface area (Å²) in [5.74, 6) is -0.0149. The van der Waals surface area contributed by atoms with Gasteiger partial charge in [0.25, 0.3) is 0 Å². The summed E-state index contributed by atoms with van der Waals surface area (Å²) in [7, 11) is 0.